The monoisotopic (exact) mass is 528 g/mol. The number of hydrogen-bond donors (Lipinski definition) is 0. The third-order valence-electron chi connectivity index (χ3n) is 5.26. The Morgan fingerprint density at radius 3 is 2.14 bits per heavy atom. The van der Waals surface area contributed by atoms with Crippen molar-refractivity contribution >= 4 is 39.2 Å². The van der Waals surface area contributed by atoms with E-state index < -0.39 is 39.3 Å². The Morgan fingerprint density at radius 1 is 0.972 bits per heavy atom. The largest absolute Gasteiger partial charge is 0.456 e. The quantitative estimate of drug-likeness (QED) is 0.150. The van der Waals surface area contributed by atoms with Gasteiger partial charge in [0.1, 0.15) is 6.04 Å². The molecule has 3 aromatic rings. The van der Waals surface area contributed by atoms with Gasteiger partial charge in [-0.25, -0.2) is 8.42 Å². The molecule has 3 aromatic carbocycles. The van der Waals surface area contributed by atoms with Gasteiger partial charge in [-0.15, -0.1) is 0 Å². The molecule has 11 heteroatoms. The van der Waals surface area contributed by atoms with Crippen LogP contribution in [0, 0.1) is 10.1 Å². The lowest BCUT2D eigenvalue weighted by atomic mass is 10.1. The Labute approximate surface area is 213 Å². The summed E-state index contributed by atoms with van der Waals surface area (Å²) in [5, 5.41) is 10.9. The number of sulfonamides is 1. The SMILES string of the molecule is CN([C@@H](CSCc1ccccc1)C(=O)OCC(=O)c1ccccc1)S(=O)(=O)c1ccc([N+](=O)[O-])cc1. The number of Topliss-reactive ketones (excluding diaryl/α,β-unsaturated/α-hetero) is 1. The minimum atomic E-state index is -4.20. The Kier molecular flexibility index (Phi) is 9.34. The summed E-state index contributed by atoms with van der Waals surface area (Å²) in [5.74, 6) is -0.692. The van der Waals surface area contributed by atoms with Crippen LogP contribution >= 0.6 is 11.8 Å². The van der Waals surface area contributed by atoms with Crippen molar-refractivity contribution in [2.75, 3.05) is 19.4 Å². The van der Waals surface area contributed by atoms with E-state index in [0.717, 1.165) is 34.1 Å². The van der Waals surface area contributed by atoms with E-state index in [1.165, 1.54) is 18.8 Å². The predicted molar refractivity (Wildman–Crippen MR) is 136 cm³/mol. The number of nitro groups is 1. The summed E-state index contributed by atoms with van der Waals surface area (Å²) in [6, 6.07) is 20.9. The summed E-state index contributed by atoms with van der Waals surface area (Å²) in [6.45, 7) is -0.534. The number of non-ortho nitro benzene ring substituents is 1. The number of benzene rings is 3. The number of ether oxygens (including phenoxy) is 1. The molecule has 0 unspecified atom stereocenters. The number of nitrogens with zero attached hydrogens (tertiary/aromatic N) is 2. The highest BCUT2D eigenvalue weighted by Crippen LogP contribution is 2.23. The highest BCUT2D eigenvalue weighted by atomic mass is 32.2. The van der Waals surface area contributed by atoms with Crippen LogP contribution in [0.5, 0.6) is 0 Å². The van der Waals surface area contributed by atoms with Crippen LogP contribution in [0.4, 0.5) is 5.69 Å². The summed E-state index contributed by atoms with van der Waals surface area (Å²) in [7, 11) is -2.96. The summed E-state index contributed by atoms with van der Waals surface area (Å²) < 4.78 is 32.6. The fraction of sp³-hybridized carbons (Fsp3) is 0.200. The van der Waals surface area contributed by atoms with Crippen LogP contribution in [-0.4, -0.2) is 54.8 Å². The van der Waals surface area contributed by atoms with Gasteiger partial charge >= 0.3 is 5.97 Å². The Morgan fingerprint density at radius 2 is 1.56 bits per heavy atom. The van der Waals surface area contributed by atoms with E-state index in [9.17, 15) is 28.1 Å². The number of rotatable bonds is 12. The molecule has 1 atom stereocenters. The number of esters is 1. The van der Waals surface area contributed by atoms with Gasteiger partial charge in [-0.3, -0.25) is 19.7 Å². The van der Waals surface area contributed by atoms with Gasteiger partial charge in [-0.05, 0) is 17.7 Å². The van der Waals surface area contributed by atoms with E-state index in [2.05, 4.69) is 0 Å². The molecule has 3 rings (SSSR count). The second-order valence-corrected chi connectivity index (χ2v) is 10.7. The van der Waals surface area contributed by atoms with Gasteiger partial charge in [0, 0.05) is 36.2 Å². The molecule has 0 aliphatic rings. The lowest BCUT2D eigenvalue weighted by Crippen LogP contribution is -2.45. The van der Waals surface area contributed by atoms with Crippen LogP contribution < -0.4 is 0 Å². The van der Waals surface area contributed by atoms with E-state index >= 15 is 0 Å². The van der Waals surface area contributed by atoms with Crippen molar-refractivity contribution < 1.29 is 27.7 Å². The molecule has 188 valence electrons. The molecule has 36 heavy (non-hydrogen) atoms. The molecular weight excluding hydrogens is 504 g/mol. The van der Waals surface area contributed by atoms with Crippen molar-refractivity contribution in [3.63, 3.8) is 0 Å². The number of carbonyl (C=O) groups excluding carboxylic acids is 2. The molecule has 0 aliphatic carbocycles. The third-order valence-corrected chi connectivity index (χ3v) is 8.23. The molecule has 9 nitrogen and oxygen atoms in total. The first-order chi connectivity index (χ1) is 17.2. The fourth-order valence-corrected chi connectivity index (χ4v) is 5.73. The standard InChI is InChI=1S/C25H24N2O7S2/c1-26(36(32,33)22-14-12-21(13-15-22)27(30)31)23(18-35-17-19-8-4-2-5-9-19)25(29)34-16-24(28)20-10-6-3-7-11-20/h2-15,23H,16-18H2,1H3/t23-/m0/s1. The fourth-order valence-electron chi connectivity index (χ4n) is 3.20. The number of nitro benzene ring substituents is 1. The van der Waals surface area contributed by atoms with Gasteiger partial charge in [0.15, 0.2) is 12.4 Å². The lowest BCUT2D eigenvalue weighted by molar-refractivity contribution is -0.384. The molecule has 0 amide bonds. The van der Waals surface area contributed by atoms with Crippen LogP contribution in [0.3, 0.4) is 0 Å². The normalized spacial score (nSPS) is 12.2. The molecule has 0 bridgehead atoms. The zero-order valence-electron chi connectivity index (χ0n) is 19.4. The number of hydrogen-bond acceptors (Lipinski definition) is 8. The maximum absolute atomic E-state index is 13.2. The van der Waals surface area contributed by atoms with E-state index in [4.69, 9.17) is 4.74 Å². The van der Waals surface area contributed by atoms with E-state index in [1.807, 2.05) is 30.3 Å². The highest BCUT2D eigenvalue weighted by Gasteiger charge is 2.34. The molecule has 0 saturated carbocycles. The molecule has 0 aliphatic heterocycles. The minimum absolute atomic E-state index is 0.0654. The van der Waals surface area contributed by atoms with Gasteiger partial charge in [0.25, 0.3) is 5.69 Å². The van der Waals surface area contributed by atoms with Crippen molar-refractivity contribution in [1.82, 2.24) is 4.31 Å². The maximum Gasteiger partial charge on any atom is 0.325 e. The second-order valence-electron chi connectivity index (χ2n) is 7.69. The van der Waals surface area contributed by atoms with Gasteiger partial charge in [0.2, 0.25) is 10.0 Å². The molecule has 0 spiro atoms. The van der Waals surface area contributed by atoms with Gasteiger partial charge in [-0.2, -0.15) is 16.1 Å². The van der Waals surface area contributed by atoms with Gasteiger partial charge in [0.05, 0.1) is 9.82 Å². The highest BCUT2D eigenvalue weighted by molar-refractivity contribution is 7.98. The summed E-state index contributed by atoms with van der Waals surface area (Å²) in [6.07, 6.45) is 0. The average molecular weight is 529 g/mol. The van der Waals surface area contributed by atoms with E-state index in [0.29, 0.717) is 11.3 Å². The number of thioether (sulfide) groups is 1. The molecule has 0 heterocycles. The molecule has 0 saturated heterocycles. The first-order valence-electron chi connectivity index (χ1n) is 10.8. The van der Waals surface area contributed by atoms with Crippen LogP contribution in [-0.2, 0) is 25.3 Å². The van der Waals surface area contributed by atoms with E-state index in [1.54, 1.807) is 30.3 Å². The Hall–Kier alpha value is -3.54. The number of ketones is 1. The lowest BCUT2D eigenvalue weighted by Gasteiger charge is -2.25. The zero-order chi connectivity index (χ0) is 26.1. The topological polar surface area (TPSA) is 124 Å². The number of carbonyl (C=O) groups is 2. The van der Waals surface area contributed by atoms with Crippen molar-refractivity contribution in [2.24, 2.45) is 0 Å². The molecule has 0 fully saturated rings. The summed E-state index contributed by atoms with van der Waals surface area (Å²) in [4.78, 5) is 35.4. The molecular formula is C25H24N2O7S2. The van der Waals surface area contributed by atoms with Crippen molar-refractivity contribution in [3.05, 3.63) is 106 Å². The zero-order valence-corrected chi connectivity index (χ0v) is 21.0. The average Bonchev–Trinajstić information content (AvgIpc) is 2.90. The first-order valence-corrected chi connectivity index (χ1v) is 13.4. The Bertz CT molecular complexity index is 1300. The van der Waals surface area contributed by atoms with Crippen molar-refractivity contribution in [1.29, 1.82) is 0 Å². The Balaban J connectivity index is 1.77. The maximum atomic E-state index is 13.2. The smallest absolute Gasteiger partial charge is 0.325 e. The van der Waals surface area contributed by atoms with E-state index in [-0.39, 0.29) is 16.3 Å². The third kappa shape index (κ3) is 7.00. The number of likely N-dealkylation sites (N-methyl/N-ethyl adjacent to an activating group) is 1. The van der Waals surface area contributed by atoms with Crippen molar-refractivity contribution in [2.45, 2.75) is 16.7 Å². The second kappa shape index (κ2) is 12.4. The predicted octanol–water partition coefficient (Wildman–Crippen LogP) is 3.94. The minimum Gasteiger partial charge on any atom is -0.456 e. The molecule has 0 radical (unpaired) electrons. The first kappa shape index (κ1) is 27.1. The van der Waals surface area contributed by atoms with Gasteiger partial charge < -0.3 is 4.74 Å². The van der Waals surface area contributed by atoms with Gasteiger partial charge in [-0.1, -0.05) is 60.7 Å². The molecule has 0 N–H and O–H groups in total. The summed E-state index contributed by atoms with van der Waals surface area (Å²) in [5.41, 5.74) is 1.10. The molecule has 0 aromatic heterocycles. The van der Waals surface area contributed by atoms with Crippen LogP contribution in [0.2, 0.25) is 0 Å². The summed E-state index contributed by atoms with van der Waals surface area (Å²) >= 11 is 1.34. The van der Waals surface area contributed by atoms with Crippen LogP contribution in [0.25, 0.3) is 0 Å². The van der Waals surface area contributed by atoms with Crippen LogP contribution in [0.15, 0.2) is 89.8 Å². The van der Waals surface area contributed by atoms with Crippen LogP contribution in [0.1, 0.15) is 15.9 Å². The van der Waals surface area contributed by atoms with Crippen molar-refractivity contribution in [3.8, 4) is 0 Å².